The van der Waals surface area contributed by atoms with Crippen molar-refractivity contribution in [3.63, 3.8) is 0 Å². The highest BCUT2D eigenvalue weighted by Crippen LogP contribution is 2.31. The molecule has 17 heavy (non-hydrogen) atoms. The second kappa shape index (κ2) is 4.90. The first-order valence-electron chi connectivity index (χ1n) is 5.88. The molecule has 0 aromatic rings. The van der Waals surface area contributed by atoms with Gasteiger partial charge in [-0.1, -0.05) is 13.5 Å². The van der Waals surface area contributed by atoms with Gasteiger partial charge in [-0.05, 0) is 26.3 Å². The zero-order valence-electron chi connectivity index (χ0n) is 10.7. The number of hydrogen-bond donors (Lipinski definition) is 0. The minimum absolute atomic E-state index is 0.0576. The molecule has 1 rings (SSSR count). The zero-order valence-corrected chi connectivity index (χ0v) is 10.7. The molecule has 0 radical (unpaired) electrons. The summed E-state index contributed by atoms with van der Waals surface area (Å²) in [5.74, 6) is -0.646. The maximum atomic E-state index is 12.0. The maximum absolute atomic E-state index is 12.0. The standard InChI is InChI=1S/C13H20O4/c1-5-12(3,4)11(15)17-13(6-2)7-8-16-10(14)9-13/h6H,2,5,7-9H2,1,3-4H3. The third kappa shape index (κ3) is 3.08. The molecule has 1 saturated heterocycles. The van der Waals surface area contributed by atoms with E-state index in [-0.39, 0.29) is 25.0 Å². The number of ether oxygens (including phenoxy) is 2. The minimum Gasteiger partial charge on any atom is -0.465 e. The van der Waals surface area contributed by atoms with Crippen LogP contribution in [0.3, 0.4) is 0 Å². The van der Waals surface area contributed by atoms with Crippen molar-refractivity contribution in [2.24, 2.45) is 5.41 Å². The van der Waals surface area contributed by atoms with Crippen LogP contribution >= 0.6 is 0 Å². The summed E-state index contributed by atoms with van der Waals surface area (Å²) in [4.78, 5) is 23.3. The second-order valence-electron chi connectivity index (χ2n) is 5.04. The molecule has 0 aliphatic carbocycles. The topological polar surface area (TPSA) is 52.6 Å². The summed E-state index contributed by atoms with van der Waals surface area (Å²) in [6, 6.07) is 0. The van der Waals surface area contributed by atoms with E-state index in [0.29, 0.717) is 12.8 Å². The molecule has 0 N–H and O–H groups in total. The van der Waals surface area contributed by atoms with Gasteiger partial charge in [0, 0.05) is 6.42 Å². The molecule has 0 aromatic heterocycles. The van der Waals surface area contributed by atoms with Crippen molar-refractivity contribution in [3.8, 4) is 0 Å². The van der Waals surface area contributed by atoms with Crippen LogP contribution in [-0.2, 0) is 19.1 Å². The SMILES string of the molecule is C=CC1(OC(=O)C(C)(C)CC)CCOC(=O)C1. The van der Waals surface area contributed by atoms with Crippen LogP contribution in [0, 0.1) is 5.41 Å². The lowest BCUT2D eigenvalue weighted by atomic mass is 9.88. The predicted molar refractivity (Wildman–Crippen MR) is 63.3 cm³/mol. The van der Waals surface area contributed by atoms with Crippen LogP contribution in [-0.4, -0.2) is 24.1 Å². The molecule has 0 saturated carbocycles. The number of hydrogen-bond acceptors (Lipinski definition) is 4. The van der Waals surface area contributed by atoms with Gasteiger partial charge in [0.1, 0.15) is 5.60 Å². The third-order valence-corrected chi connectivity index (χ3v) is 3.34. The van der Waals surface area contributed by atoms with Crippen LogP contribution in [0.5, 0.6) is 0 Å². The number of carbonyl (C=O) groups excluding carboxylic acids is 2. The Labute approximate surface area is 102 Å². The van der Waals surface area contributed by atoms with Crippen LogP contribution in [0.25, 0.3) is 0 Å². The fourth-order valence-corrected chi connectivity index (χ4v) is 1.49. The first-order valence-corrected chi connectivity index (χ1v) is 5.88. The molecular formula is C13H20O4. The van der Waals surface area contributed by atoms with Gasteiger partial charge in [-0.2, -0.15) is 0 Å². The van der Waals surface area contributed by atoms with E-state index in [4.69, 9.17) is 9.47 Å². The second-order valence-corrected chi connectivity index (χ2v) is 5.04. The first kappa shape index (κ1) is 13.7. The molecule has 0 bridgehead atoms. The molecule has 1 heterocycles. The van der Waals surface area contributed by atoms with Crippen molar-refractivity contribution < 1.29 is 19.1 Å². The lowest BCUT2D eigenvalue weighted by Gasteiger charge is -2.35. The Bertz CT molecular complexity index is 332. The van der Waals surface area contributed by atoms with Gasteiger partial charge >= 0.3 is 11.9 Å². The fourth-order valence-electron chi connectivity index (χ4n) is 1.49. The molecule has 4 heteroatoms. The molecule has 1 atom stereocenters. The van der Waals surface area contributed by atoms with Gasteiger partial charge in [-0.15, -0.1) is 0 Å². The molecule has 1 fully saturated rings. The molecule has 1 aliphatic heterocycles. The van der Waals surface area contributed by atoms with Crippen molar-refractivity contribution in [2.75, 3.05) is 6.61 Å². The van der Waals surface area contributed by atoms with E-state index in [2.05, 4.69) is 6.58 Å². The van der Waals surface area contributed by atoms with Gasteiger partial charge in [0.15, 0.2) is 0 Å². The summed E-state index contributed by atoms with van der Waals surface area (Å²) in [7, 11) is 0. The lowest BCUT2D eigenvalue weighted by molar-refractivity contribution is -0.178. The van der Waals surface area contributed by atoms with Crippen molar-refractivity contribution in [1.29, 1.82) is 0 Å². The van der Waals surface area contributed by atoms with Gasteiger partial charge in [0.2, 0.25) is 0 Å². The molecule has 1 unspecified atom stereocenters. The van der Waals surface area contributed by atoms with Crippen molar-refractivity contribution in [2.45, 2.75) is 45.6 Å². The van der Waals surface area contributed by atoms with E-state index in [0.717, 1.165) is 0 Å². The minimum atomic E-state index is -0.890. The number of esters is 2. The average molecular weight is 240 g/mol. The number of cyclic esters (lactones) is 1. The highest BCUT2D eigenvalue weighted by molar-refractivity contribution is 5.78. The van der Waals surface area contributed by atoms with Crippen molar-refractivity contribution >= 4 is 11.9 Å². The average Bonchev–Trinajstić information content (AvgIpc) is 2.29. The Morgan fingerprint density at radius 3 is 2.76 bits per heavy atom. The number of carbonyl (C=O) groups is 2. The van der Waals surface area contributed by atoms with Crippen LogP contribution in [0.1, 0.15) is 40.0 Å². The molecule has 0 spiro atoms. The molecular weight excluding hydrogens is 220 g/mol. The summed E-state index contributed by atoms with van der Waals surface area (Å²) < 4.78 is 10.3. The largest absolute Gasteiger partial charge is 0.465 e. The van der Waals surface area contributed by atoms with E-state index < -0.39 is 11.0 Å². The summed E-state index contributed by atoms with van der Waals surface area (Å²) in [5.41, 5.74) is -1.43. The fraction of sp³-hybridized carbons (Fsp3) is 0.692. The normalized spacial score (nSPS) is 25.0. The van der Waals surface area contributed by atoms with Gasteiger partial charge in [-0.3, -0.25) is 9.59 Å². The monoisotopic (exact) mass is 240 g/mol. The molecule has 0 amide bonds. The quantitative estimate of drug-likeness (QED) is 0.558. The lowest BCUT2D eigenvalue weighted by Crippen LogP contribution is -2.43. The Morgan fingerprint density at radius 1 is 1.65 bits per heavy atom. The van der Waals surface area contributed by atoms with Crippen LogP contribution < -0.4 is 0 Å². The van der Waals surface area contributed by atoms with E-state index in [9.17, 15) is 9.59 Å². The molecule has 4 nitrogen and oxygen atoms in total. The Morgan fingerprint density at radius 2 is 2.29 bits per heavy atom. The van der Waals surface area contributed by atoms with Gasteiger partial charge in [-0.25, -0.2) is 0 Å². The highest BCUT2D eigenvalue weighted by Gasteiger charge is 2.41. The molecule has 1 aliphatic rings. The van der Waals surface area contributed by atoms with E-state index in [1.165, 1.54) is 6.08 Å². The van der Waals surface area contributed by atoms with E-state index in [1.54, 1.807) is 0 Å². The Kier molecular flexibility index (Phi) is 3.96. The van der Waals surface area contributed by atoms with Crippen molar-refractivity contribution in [3.05, 3.63) is 12.7 Å². The summed E-state index contributed by atoms with van der Waals surface area (Å²) in [6.07, 6.45) is 2.76. The Balaban J connectivity index is 2.79. The van der Waals surface area contributed by atoms with E-state index >= 15 is 0 Å². The summed E-state index contributed by atoms with van der Waals surface area (Å²) in [6.45, 7) is 9.52. The van der Waals surface area contributed by atoms with Crippen LogP contribution in [0.2, 0.25) is 0 Å². The van der Waals surface area contributed by atoms with E-state index in [1.807, 2.05) is 20.8 Å². The van der Waals surface area contributed by atoms with Crippen molar-refractivity contribution in [1.82, 2.24) is 0 Å². The number of rotatable bonds is 4. The maximum Gasteiger partial charge on any atom is 0.312 e. The molecule has 0 aromatic carbocycles. The zero-order chi connectivity index (χ0) is 13.1. The summed E-state index contributed by atoms with van der Waals surface area (Å²) in [5, 5.41) is 0. The van der Waals surface area contributed by atoms with Gasteiger partial charge < -0.3 is 9.47 Å². The summed E-state index contributed by atoms with van der Waals surface area (Å²) >= 11 is 0. The molecule has 96 valence electrons. The van der Waals surface area contributed by atoms with Gasteiger partial charge in [0.05, 0.1) is 18.4 Å². The predicted octanol–water partition coefficient (Wildman–Crippen LogP) is 2.23. The smallest absolute Gasteiger partial charge is 0.312 e. The van der Waals surface area contributed by atoms with Crippen LogP contribution in [0.15, 0.2) is 12.7 Å². The first-order chi connectivity index (χ1) is 7.85. The van der Waals surface area contributed by atoms with Crippen LogP contribution in [0.4, 0.5) is 0 Å². The highest BCUT2D eigenvalue weighted by atomic mass is 16.6. The van der Waals surface area contributed by atoms with Gasteiger partial charge in [0.25, 0.3) is 0 Å². The Hall–Kier alpha value is -1.32. The third-order valence-electron chi connectivity index (χ3n) is 3.34.